The van der Waals surface area contributed by atoms with Crippen LogP contribution in [0.5, 0.6) is 5.75 Å². The molecule has 0 saturated carbocycles. The first-order chi connectivity index (χ1) is 12.9. The number of rotatable bonds is 5. The number of benzene rings is 1. The molecule has 0 radical (unpaired) electrons. The number of primary amides is 1. The number of ether oxygens (including phenoxy) is 2. The number of carbonyl (C=O) groups is 2. The van der Waals surface area contributed by atoms with Gasteiger partial charge in [0.15, 0.2) is 0 Å². The van der Waals surface area contributed by atoms with Crippen molar-refractivity contribution in [1.82, 2.24) is 4.90 Å². The minimum Gasteiger partial charge on any atom is -0.497 e. The molecule has 2 amide bonds. The maximum Gasteiger partial charge on any atom is 0.339 e. The normalized spacial score (nSPS) is 17.1. The number of nitrogens with two attached hydrogens (primary N) is 1. The summed E-state index contributed by atoms with van der Waals surface area (Å²) in [4.78, 5) is 37.9. The Hall–Kier alpha value is -2.87. The van der Waals surface area contributed by atoms with Gasteiger partial charge >= 0.3 is 5.63 Å². The number of nitrogens with zero attached hydrogens (tertiary/aromatic N) is 1. The molecule has 2 N–H and O–H groups in total. The molecule has 2 heterocycles. The number of fused-ring (bicyclic) bond motifs is 1. The van der Waals surface area contributed by atoms with Crippen LogP contribution in [0.2, 0.25) is 0 Å². The second-order valence-corrected chi connectivity index (χ2v) is 6.44. The Kier molecular flexibility index (Phi) is 5.46. The lowest BCUT2D eigenvalue weighted by atomic mass is 10.0. The van der Waals surface area contributed by atoms with Gasteiger partial charge in [0, 0.05) is 30.0 Å². The summed E-state index contributed by atoms with van der Waals surface area (Å²) in [6.07, 6.45) is 0.300. The third kappa shape index (κ3) is 3.80. The van der Waals surface area contributed by atoms with Crippen LogP contribution in [0.4, 0.5) is 0 Å². The van der Waals surface area contributed by atoms with Gasteiger partial charge in [0.2, 0.25) is 11.8 Å². The van der Waals surface area contributed by atoms with E-state index in [1.165, 1.54) is 12.0 Å². The van der Waals surface area contributed by atoms with Crippen LogP contribution in [0.3, 0.4) is 0 Å². The summed E-state index contributed by atoms with van der Waals surface area (Å²) in [7, 11) is 1.54. The minimum atomic E-state index is -0.771. The van der Waals surface area contributed by atoms with Crippen molar-refractivity contribution in [2.24, 2.45) is 5.73 Å². The zero-order valence-corrected chi connectivity index (χ0v) is 15.3. The molecule has 0 aliphatic carbocycles. The average Bonchev–Trinajstić information content (AvgIpc) is 2.67. The number of hydrogen-bond acceptors (Lipinski definition) is 6. The fraction of sp³-hybridized carbons (Fsp3) is 0.421. The lowest BCUT2D eigenvalue weighted by Gasteiger charge is -2.33. The summed E-state index contributed by atoms with van der Waals surface area (Å²) >= 11 is 0. The predicted octanol–water partition coefficient (Wildman–Crippen LogP) is 0.755. The highest BCUT2D eigenvalue weighted by Gasteiger charge is 2.31. The van der Waals surface area contributed by atoms with Crippen LogP contribution >= 0.6 is 0 Å². The van der Waals surface area contributed by atoms with Crippen molar-refractivity contribution in [3.8, 4) is 5.75 Å². The van der Waals surface area contributed by atoms with Crippen molar-refractivity contribution in [3.05, 3.63) is 39.7 Å². The van der Waals surface area contributed by atoms with E-state index in [0.29, 0.717) is 30.0 Å². The summed E-state index contributed by atoms with van der Waals surface area (Å²) in [6, 6.07) is 4.50. The first-order valence-corrected chi connectivity index (χ1v) is 8.69. The molecule has 1 unspecified atom stereocenters. The van der Waals surface area contributed by atoms with Gasteiger partial charge in [-0.05, 0) is 31.0 Å². The molecular weight excluding hydrogens is 352 g/mol. The van der Waals surface area contributed by atoms with Crippen LogP contribution < -0.4 is 16.1 Å². The van der Waals surface area contributed by atoms with Crippen LogP contribution in [-0.2, 0) is 20.7 Å². The number of carbonyl (C=O) groups excluding carboxylic acids is 2. The molecule has 1 aliphatic heterocycles. The highest BCUT2D eigenvalue weighted by Crippen LogP contribution is 2.24. The van der Waals surface area contributed by atoms with E-state index in [9.17, 15) is 14.4 Å². The third-order valence-electron chi connectivity index (χ3n) is 4.86. The van der Waals surface area contributed by atoms with E-state index in [4.69, 9.17) is 19.6 Å². The Labute approximate surface area is 155 Å². The van der Waals surface area contributed by atoms with E-state index >= 15 is 0 Å². The summed E-state index contributed by atoms with van der Waals surface area (Å²) in [5.74, 6) is -0.244. The van der Waals surface area contributed by atoms with Crippen molar-refractivity contribution in [2.75, 3.05) is 26.9 Å². The van der Waals surface area contributed by atoms with Crippen LogP contribution in [0.1, 0.15) is 17.5 Å². The van der Waals surface area contributed by atoms with Gasteiger partial charge in [-0.1, -0.05) is 0 Å². The van der Waals surface area contributed by atoms with Gasteiger partial charge in [-0.3, -0.25) is 9.59 Å². The van der Waals surface area contributed by atoms with Gasteiger partial charge in [-0.2, -0.15) is 0 Å². The van der Waals surface area contributed by atoms with E-state index in [1.807, 2.05) is 13.0 Å². The fourth-order valence-electron chi connectivity index (χ4n) is 3.30. The highest BCUT2D eigenvalue weighted by molar-refractivity contribution is 5.87. The Bertz CT molecular complexity index is 936. The van der Waals surface area contributed by atoms with Crippen molar-refractivity contribution in [1.29, 1.82) is 0 Å². The molecular formula is C19H22N2O6. The largest absolute Gasteiger partial charge is 0.497 e. The van der Waals surface area contributed by atoms with Crippen LogP contribution in [0, 0.1) is 6.92 Å². The number of aryl methyl sites for hydroxylation is 1. The molecule has 1 aliphatic rings. The lowest BCUT2D eigenvalue weighted by molar-refractivity contribution is -0.147. The minimum absolute atomic E-state index is 0.0804. The fourth-order valence-corrected chi connectivity index (χ4v) is 3.30. The molecule has 2 aromatic rings. The van der Waals surface area contributed by atoms with Gasteiger partial charge in [-0.25, -0.2) is 4.79 Å². The van der Waals surface area contributed by atoms with Gasteiger partial charge in [0.05, 0.1) is 20.3 Å². The molecule has 1 aromatic heterocycles. The third-order valence-corrected chi connectivity index (χ3v) is 4.86. The topological polar surface area (TPSA) is 112 Å². The molecule has 1 saturated heterocycles. The SMILES string of the molecule is COc1ccc2c(C)c(CCC(=O)N3CCOCC3C(N)=O)c(=O)oc2c1. The van der Waals surface area contributed by atoms with Crippen molar-refractivity contribution in [2.45, 2.75) is 25.8 Å². The van der Waals surface area contributed by atoms with E-state index in [-0.39, 0.29) is 25.4 Å². The lowest BCUT2D eigenvalue weighted by Crippen LogP contribution is -2.54. The maximum atomic E-state index is 12.6. The second kappa shape index (κ2) is 7.79. The Balaban J connectivity index is 1.81. The average molecular weight is 374 g/mol. The first-order valence-electron chi connectivity index (χ1n) is 8.69. The molecule has 1 atom stereocenters. The molecule has 1 aromatic carbocycles. The standard InChI is InChI=1S/C19H22N2O6/c1-11-13-4-3-12(25-2)9-16(13)27-19(24)14(11)5-6-17(22)21-7-8-26-10-15(21)18(20)23/h3-4,9,15H,5-8,10H2,1-2H3,(H2,20,23). The zero-order valence-electron chi connectivity index (χ0n) is 15.3. The Morgan fingerprint density at radius 2 is 2.15 bits per heavy atom. The van der Waals surface area contributed by atoms with Crippen molar-refractivity contribution in [3.63, 3.8) is 0 Å². The predicted molar refractivity (Wildman–Crippen MR) is 97.6 cm³/mol. The van der Waals surface area contributed by atoms with E-state index in [0.717, 1.165) is 10.9 Å². The summed E-state index contributed by atoms with van der Waals surface area (Å²) in [5.41, 5.74) is 6.53. The van der Waals surface area contributed by atoms with E-state index in [1.54, 1.807) is 12.1 Å². The highest BCUT2D eigenvalue weighted by atomic mass is 16.5. The summed E-state index contributed by atoms with van der Waals surface area (Å²) in [5, 5.41) is 0.791. The van der Waals surface area contributed by atoms with Gasteiger partial charge in [0.25, 0.3) is 0 Å². The molecule has 0 bridgehead atoms. The molecule has 27 heavy (non-hydrogen) atoms. The van der Waals surface area contributed by atoms with Gasteiger partial charge < -0.3 is 24.5 Å². The Morgan fingerprint density at radius 3 is 2.85 bits per heavy atom. The number of morpholine rings is 1. The smallest absolute Gasteiger partial charge is 0.339 e. The molecule has 1 fully saturated rings. The van der Waals surface area contributed by atoms with Gasteiger partial charge in [0.1, 0.15) is 17.4 Å². The van der Waals surface area contributed by atoms with Gasteiger partial charge in [-0.15, -0.1) is 0 Å². The Morgan fingerprint density at radius 1 is 1.37 bits per heavy atom. The number of amides is 2. The summed E-state index contributed by atoms with van der Waals surface area (Å²) < 4.78 is 15.8. The number of hydrogen-bond donors (Lipinski definition) is 1. The second-order valence-electron chi connectivity index (χ2n) is 6.44. The van der Waals surface area contributed by atoms with Crippen LogP contribution in [-0.4, -0.2) is 49.6 Å². The molecule has 8 nitrogen and oxygen atoms in total. The van der Waals surface area contributed by atoms with Crippen LogP contribution in [0.15, 0.2) is 27.4 Å². The van der Waals surface area contributed by atoms with Crippen LogP contribution in [0.25, 0.3) is 11.0 Å². The molecule has 8 heteroatoms. The number of methoxy groups -OCH3 is 1. The van der Waals surface area contributed by atoms with Crippen molar-refractivity contribution >= 4 is 22.8 Å². The summed E-state index contributed by atoms with van der Waals surface area (Å²) in [6.45, 7) is 2.58. The van der Waals surface area contributed by atoms with Crippen molar-refractivity contribution < 1.29 is 23.5 Å². The monoisotopic (exact) mass is 374 g/mol. The van der Waals surface area contributed by atoms with E-state index < -0.39 is 17.6 Å². The maximum absolute atomic E-state index is 12.6. The zero-order chi connectivity index (χ0) is 19.6. The molecule has 0 spiro atoms. The molecule has 144 valence electrons. The quantitative estimate of drug-likeness (QED) is 0.773. The van der Waals surface area contributed by atoms with E-state index in [2.05, 4.69) is 0 Å². The first kappa shape index (κ1) is 18.9. The molecule has 3 rings (SSSR count).